The van der Waals surface area contributed by atoms with Gasteiger partial charge in [-0.3, -0.25) is 0 Å². The molecule has 0 aliphatic carbocycles. The van der Waals surface area contributed by atoms with Crippen molar-refractivity contribution in [3.8, 4) is 68.8 Å². The number of anilines is 4. The summed E-state index contributed by atoms with van der Waals surface area (Å²) < 4.78 is 5.43. The zero-order chi connectivity index (χ0) is 66.9. The van der Waals surface area contributed by atoms with E-state index in [1.165, 1.54) is 98.2 Å². The lowest BCUT2D eigenvalue weighted by Crippen LogP contribution is -2.44. The summed E-state index contributed by atoms with van der Waals surface area (Å²) in [6.07, 6.45) is 5.09. The van der Waals surface area contributed by atoms with E-state index in [9.17, 15) is 21.0 Å². The minimum atomic E-state index is 0.710. The second-order valence-corrected chi connectivity index (χ2v) is 25.1. The Morgan fingerprint density at radius 1 is 0.340 bits per heavy atom. The summed E-state index contributed by atoms with van der Waals surface area (Å²) in [5, 5.41) is 47.1. The van der Waals surface area contributed by atoms with Crippen LogP contribution in [0.3, 0.4) is 0 Å². The Hall–Kier alpha value is -11.2. The van der Waals surface area contributed by atoms with Crippen LogP contribution >= 0.6 is 0 Å². The highest BCUT2D eigenvalue weighted by Crippen LogP contribution is 2.35. The molecule has 3 fully saturated rings. The second kappa shape index (κ2) is 31.8. The fraction of sp³-hybridized carbons (Fsp3) is 0.218. The number of ether oxygens (including phenoxy) is 1. The van der Waals surface area contributed by atoms with Crippen molar-refractivity contribution in [2.45, 2.75) is 39.5 Å². The van der Waals surface area contributed by atoms with Gasteiger partial charge in [0.1, 0.15) is 0 Å². The highest BCUT2D eigenvalue weighted by atomic mass is 16.5. The molecule has 480 valence electrons. The van der Waals surface area contributed by atoms with E-state index in [-0.39, 0.29) is 0 Å². The van der Waals surface area contributed by atoms with Crippen LogP contribution in [0.4, 0.5) is 22.7 Å². The molecule has 10 heteroatoms. The normalized spacial score (nSPS) is 13.7. The van der Waals surface area contributed by atoms with Gasteiger partial charge in [0, 0.05) is 88.2 Å². The van der Waals surface area contributed by atoms with Gasteiger partial charge in [-0.1, -0.05) is 153 Å². The van der Waals surface area contributed by atoms with Gasteiger partial charge in [0.05, 0.1) is 59.7 Å². The van der Waals surface area contributed by atoms with Crippen LogP contribution in [-0.4, -0.2) is 90.6 Å². The average molecular weight is 1270 g/mol. The zero-order valence-electron chi connectivity index (χ0n) is 55.8. The van der Waals surface area contributed by atoms with Crippen LogP contribution in [0.5, 0.6) is 0 Å². The van der Waals surface area contributed by atoms with Crippen molar-refractivity contribution < 1.29 is 4.74 Å². The standard InChI is InChI=1S/C22H21N3.C22H20N2.C22H22N2.C21H18N2O/c1-24-10-12-25(13-11-24)21-9-8-17-14-19(7-6-18(17)15-21)22-5-3-2-4-20(22)16-23;23-16-20-6-2-3-7-22(20)19-9-8-18-15-21(11-10-17(18)14-19)24-12-4-1-5-13-24;1-3-13-24(4-2)21-12-11-17-14-19(10-9-18(17)15-21)22-8-6-5-7-20(22)16-23;22-15-19-3-1-2-4-21(19)18-6-5-17-14-20(8-7-16(17)13-18)23-9-11-24-12-10-23/h2-9,14-15H,10-13H2,1H3;2-3,6-11,14-15H,1,4-5,12-13H2;5-12,14-15H,3-4,13H2,1-2H3;1-8,13-14H,9-12H2. The van der Waals surface area contributed by atoms with Crippen molar-refractivity contribution in [1.29, 1.82) is 21.0 Å². The Kier molecular flexibility index (Phi) is 21.6. The van der Waals surface area contributed by atoms with Gasteiger partial charge in [0.2, 0.25) is 0 Å². The zero-order valence-corrected chi connectivity index (χ0v) is 55.8. The molecule has 0 aromatic heterocycles. The Labute approximate surface area is 571 Å². The second-order valence-electron chi connectivity index (χ2n) is 25.1. The lowest BCUT2D eigenvalue weighted by molar-refractivity contribution is 0.122. The minimum absolute atomic E-state index is 0.710. The summed E-state index contributed by atoms with van der Waals surface area (Å²) >= 11 is 0. The molecule has 0 bridgehead atoms. The number of fused-ring (bicyclic) bond motifs is 4. The molecule has 3 aliphatic heterocycles. The van der Waals surface area contributed by atoms with E-state index >= 15 is 0 Å². The number of piperazine rings is 1. The number of hydrogen-bond acceptors (Lipinski definition) is 10. The molecule has 12 aromatic rings. The molecule has 0 atom stereocenters. The molecule has 3 saturated heterocycles. The molecule has 12 aromatic carbocycles. The average Bonchev–Trinajstić information content (AvgIpc) is 0.837. The maximum Gasteiger partial charge on any atom is 0.0998 e. The van der Waals surface area contributed by atoms with Gasteiger partial charge >= 0.3 is 0 Å². The highest BCUT2D eigenvalue weighted by Gasteiger charge is 2.18. The van der Waals surface area contributed by atoms with Crippen LogP contribution in [0.15, 0.2) is 243 Å². The van der Waals surface area contributed by atoms with Gasteiger partial charge in [-0.15, -0.1) is 0 Å². The molecule has 0 radical (unpaired) electrons. The van der Waals surface area contributed by atoms with Gasteiger partial charge in [-0.05, 0) is 224 Å². The lowest BCUT2D eigenvalue weighted by atomic mass is 9.97. The molecule has 0 N–H and O–H groups in total. The number of piperidine rings is 1. The van der Waals surface area contributed by atoms with Crippen molar-refractivity contribution in [2.75, 3.05) is 105 Å². The molecule has 0 amide bonds. The molecule has 3 heterocycles. The molecule has 10 nitrogen and oxygen atoms in total. The van der Waals surface area contributed by atoms with Crippen LogP contribution in [0.25, 0.3) is 87.6 Å². The molecule has 0 saturated carbocycles. The van der Waals surface area contributed by atoms with Crippen molar-refractivity contribution in [3.63, 3.8) is 0 Å². The van der Waals surface area contributed by atoms with E-state index in [1.54, 1.807) is 0 Å². The molecule has 15 rings (SSSR count). The quantitative estimate of drug-likeness (QED) is 0.124. The maximum absolute atomic E-state index is 9.33. The Morgan fingerprint density at radius 3 is 1.02 bits per heavy atom. The first kappa shape index (κ1) is 65.8. The van der Waals surface area contributed by atoms with E-state index in [2.05, 4.69) is 215 Å². The maximum atomic E-state index is 9.33. The summed E-state index contributed by atoms with van der Waals surface area (Å²) in [6, 6.07) is 92.6. The Balaban J connectivity index is 0.000000123. The predicted octanol–water partition coefficient (Wildman–Crippen LogP) is 19.3. The fourth-order valence-corrected chi connectivity index (χ4v) is 13.5. The molecule has 97 heavy (non-hydrogen) atoms. The van der Waals surface area contributed by atoms with Crippen molar-refractivity contribution in [2.24, 2.45) is 0 Å². The van der Waals surface area contributed by atoms with Crippen molar-refractivity contribution in [3.05, 3.63) is 265 Å². The summed E-state index contributed by atoms with van der Waals surface area (Å²) in [6.45, 7) is 16.7. The van der Waals surface area contributed by atoms with Crippen molar-refractivity contribution >= 4 is 65.8 Å². The SMILES string of the molecule is CCCN(CC)c1ccc2cc(-c3ccccc3C#N)ccc2c1.CN1CCN(c2ccc3cc(-c4ccccc4C#N)ccc3c2)CC1.N#Cc1ccccc1-c1ccc2cc(N3CCCCC3)ccc2c1.N#Cc1ccccc1-c1ccc2cc(N3CCOCC3)ccc2c1. The first-order valence-electron chi connectivity index (χ1n) is 34.1. The number of rotatable bonds is 11. The molecule has 0 unspecified atom stereocenters. The van der Waals surface area contributed by atoms with E-state index in [0.717, 1.165) is 128 Å². The fourth-order valence-electron chi connectivity index (χ4n) is 13.5. The summed E-state index contributed by atoms with van der Waals surface area (Å²) in [5.41, 5.74) is 16.4. The van der Waals surface area contributed by atoms with Gasteiger partial charge < -0.3 is 29.2 Å². The first-order valence-corrected chi connectivity index (χ1v) is 34.1. The highest BCUT2D eigenvalue weighted by molar-refractivity contribution is 5.94. The number of nitrogens with zero attached hydrogens (tertiary/aromatic N) is 9. The predicted molar refractivity (Wildman–Crippen MR) is 403 cm³/mol. The van der Waals surface area contributed by atoms with E-state index in [4.69, 9.17) is 4.74 Å². The Bertz CT molecular complexity index is 4560. The monoisotopic (exact) mass is 1270 g/mol. The van der Waals surface area contributed by atoms with E-state index in [1.807, 2.05) is 97.1 Å². The minimum Gasteiger partial charge on any atom is -0.378 e. The molecule has 3 aliphatic rings. The van der Waals surface area contributed by atoms with E-state index in [0.29, 0.717) is 11.1 Å². The van der Waals surface area contributed by atoms with Gasteiger partial charge in [-0.2, -0.15) is 21.0 Å². The van der Waals surface area contributed by atoms with Gasteiger partial charge in [0.15, 0.2) is 0 Å². The van der Waals surface area contributed by atoms with Crippen LogP contribution in [0.2, 0.25) is 0 Å². The third-order valence-electron chi connectivity index (χ3n) is 18.9. The number of likely N-dealkylation sites (N-methyl/N-ethyl adjacent to an activating group) is 1. The third kappa shape index (κ3) is 15.8. The topological polar surface area (TPSA) is 121 Å². The molecular formula is C87H81N9O. The smallest absolute Gasteiger partial charge is 0.0998 e. The lowest BCUT2D eigenvalue weighted by Gasteiger charge is -2.34. The molecular weight excluding hydrogens is 1190 g/mol. The third-order valence-corrected chi connectivity index (χ3v) is 18.9. The Morgan fingerprint density at radius 2 is 0.660 bits per heavy atom. The van der Waals surface area contributed by atoms with Gasteiger partial charge in [0.25, 0.3) is 0 Å². The largest absolute Gasteiger partial charge is 0.378 e. The van der Waals surface area contributed by atoms with Crippen molar-refractivity contribution in [1.82, 2.24) is 4.90 Å². The first-order chi connectivity index (χ1) is 47.7. The van der Waals surface area contributed by atoms with Crippen LogP contribution in [0.1, 0.15) is 61.8 Å². The number of nitriles is 4. The van der Waals surface area contributed by atoms with Gasteiger partial charge in [-0.25, -0.2) is 0 Å². The number of morpholine rings is 1. The summed E-state index contributed by atoms with van der Waals surface area (Å²) in [4.78, 5) is 12.1. The van der Waals surface area contributed by atoms with Crippen LogP contribution in [0, 0.1) is 45.3 Å². The number of benzene rings is 12. The molecule has 0 spiro atoms. The van der Waals surface area contributed by atoms with E-state index < -0.39 is 0 Å². The number of hydrogen-bond donors (Lipinski definition) is 0. The summed E-state index contributed by atoms with van der Waals surface area (Å²) in [7, 11) is 2.18. The van der Waals surface area contributed by atoms with Crippen LogP contribution in [-0.2, 0) is 4.74 Å². The van der Waals surface area contributed by atoms with Crippen LogP contribution < -0.4 is 19.6 Å². The summed E-state index contributed by atoms with van der Waals surface area (Å²) in [5.74, 6) is 0.